The van der Waals surface area contributed by atoms with Crippen molar-refractivity contribution in [2.45, 2.75) is 6.54 Å². The number of hydrogen-bond donors (Lipinski definition) is 1. The van der Waals surface area contributed by atoms with E-state index < -0.39 is 0 Å². The minimum absolute atomic E-state index is 0.305. The molecule has 12 heavy (non-hydrogen) atoms. The summed E-state index contributed by atoms with van der Waals surface area (Å²) in [5.41, 5.74) is 2.20. The summed E-state index contributed by atoms with van der Waals surface area (Å²) in [4.78, 5) is 4.13. The van der Waals surface area contributed by atoms with Crippen molar-refractivity contribution < 1.29 is 5.11 Å². The zero-order valence-electron chi connectivity index (χ0n) is 6.57. The predicted molar refractivity (Wildman–Crippen MR) is 49.3 cm³/mol. The van der Waals surface area contributed by atoms with Gasteiger partial charge in [-0.05, 0) is 29.3 Å². The van der Waals surface area contributed by atoms with Gasteiger partial charge in [-0.15, -0.1) is 0 Å². The number of aliphatic imine (C=N–C) groups is 1. The Kier molecular flexibility index (Phi) is 1.67. The fraction of sp³-hybridized carbons (Fsp3) is 0.100. The van der Waals surface area contributed by atoms with E-state index in [1.807, 2.05) is 18.2 Å². The van der Waals surface area contributed by atoms with Crippen molar-refractivity contribution in [3.8, 4) is 5.75 Å². The number of fused-ring (bicyclic) bond motifs is 1. The average molecular weight is 159 g/mol. The average Bonchev–Trinajstić information content (AvgIpc) is 2.28. The summed E-state index contributed by atoms with van der Waals surface area (Å²) < 4.78 is 0. The second kappa shape index (κ2) is 2.81. The van der Waals surface area contributed by atoms with Crippen molar-refractivity contribution in [3.63, 3.8) is 0 Å². The molecule has 2 heteroatoms. The molecule has 0 aliphatic carbocycles. The minimum atomic E-state index is 0.305. The molecule has 1 aliphatic heterocycles. The molecule has 0 aromatic heterocycles. The van der Waals surface area contributed by atoms with Crippen molar-refractivity contribution >= 4 is 12.3 Å². The van der Waals surface area contributed by atoms with E-state index in [2.05, 4.69) is 4.99 Å². The van der Waals surface area contributed by atoms with E-state index in [4.69, 9.17) is 0 Å². The van der Waals surface area contributed by atoms with Crippen LogP contribution in [0.15, 0.2) is 29.3 Å². The third-order valence-electron chi connectivity index (χ3n) is 1.86. The topological polar surface area (TPSA) is 32.6 Å². The summed E-state index contributed by atoms with van der Waals surface area (Å²) in [6, 6.07) is 5.34. The van der Waals surface area contributed by atoms with E-state index in [1.165, 1.54) is 0 Å². The van der Waals surface area contributed by atoms with Gasteiger partial charge in [-0.3, -0.25) is 4.99 Å². The number of hydrogen-bond acceptors (Lipinski definition) is 2. The summed E-state index contributed by atoms with van der Waals surface area (Å²) in [7, 11) is 0. The molecule has 0 saturated carbocycles. The fourth-order valence-corrected chi connectivity index (χ4v) is 1.25. The van der Waals surface area contributed by atoms with E-state index in [-0.39, 0.29) is 0 Å². The quantitative estimate of drug-likeness (QED) is 0.616. The highest BCUT2D eigenvalue weighted by atomic mass is 16.3. The molecule has 0 atom stereocenters. The number of phenols is 1. The van der Waals surface area contributed by atoms with Crippen molar-refractivity contribution in [1.29, 1.82) is 0 Å². The number of aromatic hydroxyl groups is 1. The summed E-state index contributed by atoms with van der Waals surface area (Å²) in [6.45, 7) is 0.650. The van der Waals surface area contributed by atoms with Gasteiger partial charge >= 0.3 is 0 Å². The first kappa shape index (κ1) is 7.10. The van der Waals surface area contributed by atoms with Gasteiger partial charge < -0.3 is 5.11 Å². The molecule has 0 fully saturated rings. The lowest BCUT2D eigenvalue weighted by Crippen LogP contribution is -1.84. The van der Waals surface area contributed by atoms with Crippen molar-refractivity contribution in [2.75, 3.05) is 0 Å². The van der Waals surface area contributed by atoms with E-state index >= 15 is 0 Å². The van der Waals surface area contributed by atoms with E-state index in [9.17, 15) is 5.11 Å². The van der Waals surface area contributed by atoms with Crippen LogP contribution in [0.3, 0.4) is 0 Å². The highest BCUT2D eigenvalue weighted by Crippen LogP contribution is 2.19. The first-order valence-electron chi connectivity index (χ1n) is 3.84. The van der Waals surface area contributed by atoms with Gasteiger partial charge in [0.15, 0.2) is 0 Å². The van der Waals surface area contributed by atoms with Crippen LogP contribution in [0.5, 0.6) is 5.75 Å². The van der Waals surface area contributed by atoms with Crippen LogP contribution >= 0.6 is 0 Å². The Morgan fingerprint density at radius 2 is 2.25 bits per heavy atom. The van der Waals surface area contributed by atoms with E-state index in [1.54, 1.807) is 18.3 Å². The lowest BCUT2D eigenvalue weighted by atomic mass is 10.1. The fourth-order valence-electron chi connectivity index (χ4n) is 1.25. The van der Waals surface area contributed by atoms with E-state index in [0.717, 1.165) is 11.1 Å². The molecule has 1 aliphatic rings. The Morgan fingerprint density at radius 3 is 3.17 bits per heavy atom. The maximum Gasteiger partial charge on any atom is 0.115 e. The van der Waals surface area contributed by atoms with E-state index in [0.29, 0.717) is 12.3 Å². The molecule has 1 aromatic carbocycles. The van der Waals surface area contributed by atoms with Gasteiger partial charge in [0, 0.05) is 6.21 Å². The first-order valence-corrected chi connectivity index (χ1v) is 3.84. The third-order valence-corrected chi connectivity index (χ3v) is 1.86. The Morgan fingerprint density at radius 1 is 1.33 bits per heavy atom. The van der Waals surface area contributed by atoms with Crippen molar-refractivity contribution in [3.05, 3.63) is 35.4 Å². The summed E-state index contributed by atoms with van der Waals surface area (Å²) >= 11 is 0. The van der Waals surface area contributed by atoms with Gasteiger partial charge in [0.1, 0.15) is 5.75 Å². The molecular formula is C10H9NO. The van der Waals surface area contributed by atoms with Gasteiger partial charge in [0.05, 0.1) is 6.54 Å². The Bertz CT molecular complexity index is 353. The molecule has 1 N–H and O–H groups in total. The van der Waals surface area contributed by atoms with Crippen LogP contribution in [0.25, 0.3) is 6.08 Å². The molecule has 0 saturated heterocycles. The maximum atomic E-state index is 9.20. The van der Waals surface area contributed by atoms with Crippen molar-refractivity contribution in [2.24, 2.45) is 4.99 Å². The highest BCUT2D eigenvalue weighted by molar-refractivity contribution is 5.80. The number of benzene rings is 1. The van der Waals surface area contributed by atoms with Crippen molar-refractivity contribution in [1.82, 2.24) is 0 Å². The number of rotatable bonds is 0. The van der Waals surface area contributed by atoms with Gasteiger partial charge in [-0.25, -0.2) is 0 Å². The molecule has 0 amide bonds. The Hall–Kier alpha value is -1.57. The molecule has 1 aromatic rings. The smallest absolute Gasteiger partial charge is 0.115 e. The second-order valence-corrected chi connectivity index (χ2v) is 2.73. The third kappa shape index (κ3) is 1.23. The SMILES string of the molecule is Oc1ccc2c(c1)CN=CC=C2. The second-order valence-electron chi connectivity index (χ2n) is 2.73. The molecule has 60 valence electrons. The molecule has 2 nitrogen and oxygen atoms in total. The molecule has 0 bridgehead atoms. The summed E-state index contributed by atoms with van der Waals surface area (Å²) in [5.74, 6) is 0.305. The standard InChI is InChI=1S/C10H9NO/c12-10-4-3-8-2-1-5-11-7-9(8)6-10/h1-6,12H,7H2. The van der Waals surface area contributed by atoms with Gasteiger partial charge in [0.2, 0.25) is 0 Å². The largest absolute Gasteiger partial charge is 0.508 e. The predicted octanol–water partition coefficient (Wildman–Crippen LogP) is 1.99. The van der Waals surface area contributed by atoms with Crippen LogP contribution in [0.4, 0.5) is 0 Å². The minimum Gasteiger partial charge on any atom is -0.508 e. The van der Waals surface area contributed by atoms with Gasteiger partial charge in [0.25, 0.3) is 0 Å². The zero-order chi connectivity index (χ0) is 8.39. The lowest BCUT2D eigenvalue weighted by Gasteiger charge is -2.01. The number of allylic oxidation sites excluding steroid dienone is 1. The molecule has 1 heterocycles. The van der Waals surface area contributed by atoms with Crippen LogP contribution in [0.2, 0.25) is 0 Å². The molecular weight excluding hydrogens is 150 g/mol. The summed E-state index contributed by atoms with van der Waals surface area (Å²) in [5, 5.41) is 9.20. The Labute approximate surface area is 70.9 Å². The number of nitrogens with zero attached hydrogens (tertiary/aromatic N) is 1. The van der Waals surface area contributed by atoms with Gasteiger partial charge in [-0.2, -0.15) is 0 Å². The normalized spacial score (nSPS) is 14.0. The van der Waals surface area contributed by atoms with Gasteiger partial charge in [-0.1, -0.05) is 12.1 Å². The molecule has 0 unspecified atom stereocenters. The highest BCUT2D eigenvalue weighted by Gasteiger charge is 2.01. The number of phenolic OH excluding ortho intramolecular Hbond substituents is 1. The summed E-state index contributed by atoms with van der Waals surface area (Å²) in [6.07, 6.45) is 5.67. The maximum absolute atomic E-state index is 9.20. The van der Waals surface area contributed by atoms with Crippen LogP contribution < -0.4 is 0 Å². The monoisotopic (exact) mass is 159 g/mol. The van der Waals surface area contributed by atoms with Crippen LogP contribution in [-0.4, -0.2) is 11.3 Å². The lowest BCUT2D eigenvalue weighted by molar-refractivity contribution is 0.474. The zero-order valence-corrected chi connectivity index (χ0v) is 6.57. The molecule has 2 rings (SSSR count). The van der Waals surface area contributed by atoms with Crippen LogP contribution in [0.1, 0.15) is 11.1 Å². The first-order chi connectivity index (χ1) is 5.86. The van der Waals surface area contributed by atoms with Crippen LogP contribution in [-0.2, 0) is 6.54 Å². The molecule has 0 spiro atoms. The molecule has 0 radical (unpaired) electrons. The Balaban J connectivity index is 2.53. The van der Waals surface area contributed by atoms with Crippen LogP contribution in [0, 0.1) is 0 Å².